The standard InChI is InChI=1S/C15H21N3O2.ClH/c16-15(20)11-6-8-13(9-7-11)18-14(19)10-17-12-4-2-1-3-5-12;/h1-5,11,13,17H,6-10H2,(H2,16,20)(H,18,19);1H. The number of carbonyl (C=O) groups excluding carboxylic acids is 2. The van der Waals surface area contributed by atoms with Crippen LogP contribution in [0.3, 0.4) is 0 Å². The summed E-state index contributed by atoms with van der Waals surface area (Å²) in [4.78, 5) is 22.9. The molecule has 1 aromatic carbocycles. The topological polar surface area (TPSA) is 84.2 Å². The van der Waals surface area contributed by atoms with Gasteiger partial charge in [0.15, 0.2) is 0 Å². The van der Waals surface area contributed by atoms with Gasteiger partial charge in [-0.05, 0) is 37.8 Å². The van der Waals surface area contributed by atoms with E-state index in [2.05, 4.69) is 10.6 Å². The maximum absolute atomic E-state index is 11.8. The van der Waals surface area contributed by atoms with Crippen molar-refractivity contribution in [3.8, 4) is 0 Å². The molecule has 0 spiro atoms. The lowest BCUT2D eigenvalue weighted by molar-refractivity contribution is -0.123. The maximum Gasteiger partial charge on any atom is 0.239 e. The highest BCUT2D eigenvalue weighted by Crippen LogP contribution is 2.23. The van der Waals surface area contributed by atoms with E-state index in [1.807, 2.05) is 30.3 Å². The first-order valence-electron chi connectivity index (χ1n) is 7.03. The van der Waals surface area contributed by atoms with Crippen LogP contribution in [0, 0.1) is 5.92 Å². The van der Waals surface area contributed by atoms with E-state index < -0.39 is 0 Å². The normalized spacial score (nSPS) is 21.0. The molecule has 21 heavy (non-hydrogen) atoms. The Hall–Kier alpha value is -1.75. The van der Waals surface area contributed by atoms with Crippen LogP contribution in [0.4, 0.5) is 5.69 Å². The van der Waals surface area contributed by atoms with E-state index in [1.165, 1.54) is 0 Å². The van der Waals surface area contributed by atoms with Gasteiger partial charge in [-0.15, -0.1) is 12.4 Å². The second-order valence-corrected chi connectivity index (χ2v) is 5.24. The zero-order chi connectivity index (χ0) is 14.4. The van der Waals surface area contributed by atoms with Crippen molar-refractivity contribution in [2.75, 3.05) is 11.9 Å². The minimum absolute atomic E-state index is 0. The fourth-order valence-corrected chi connectivity index (χ4v) is 2.54. The number of benzene rings is 1. The summed E-state index contributed by atoms with van der Waals surface area (Å²) in [5.74, 6) is -0.262. The Morgan fingerprint density at radius 3 is 2.29 bits per heavy atom. The molecular weight excluding hydrogens is 290 g/mol. The number of primary amides is 1. The monoisotopic (exact) mass is 311 g/mol. The first kappa shape index (κ1) is 17.3. The van der Waals surface area contributed by atoms with Crippen molar-refractivity contribution in [3.63, 3.8) is 0 Å². The Kier molecular flexibility index (Phi) is 7.02. The molecule has 2 rings (SSSR count). The molecule has 0 aliphatic heterocycles. The predicted molar refractivity (Wildman–Crippen MR) is 85.3 cm³/mol. The van der Waals surface area contributed by atoms with E-state index >= 15 is 0 Å². The molecule has 0 bridgehead atoms. The van der Waals surface area contributed by atoms with Crippen LogP contribution >= 0.6 is 12.4 Å². The number of rotatable bonds is 5. The van der Waals surface area contributed by atoms with Crippen LogP contribution in [-0.2, 0) is 9.59 Å². The maximum atomic E-state index is 11.8. The lowest BCUT2D eigenvalue weighted by Crippen LogP contribution is -2.41. The number of nitrogens with one attached hydrogen (secondary N) is 2. The van der Waals surface area contributed by atoms with Crippen LogP contribution in [-0.4, -0.2) is 24.4 Å². The Labute approximate surface area is 131 Å². The van der Waals surface area contributed by atoms with E-state index in [1.54, 1.807) is 0 Å². The molecule has 1 aliphatic carbocycles. The fourth-order valence-electron chi connectivity index (χ4n) is 2.54. The highest BCUT2D eigenvalue weighted by molar-refractivity contribution is 5.85. The van der Waals surface area contributed by atoms with Gasteiger partial charge in [0, 0.05) is 17.6 Å². The summed E-state index contributed by atoms with van der Waals surface area (Å²) in [5, 5.41) is 6.07. The minimum Gasteiger partial charge on any atom is -0.376 e. The van der Waals surface area contributed by atoms with Crippen molar-refractivity contribution in [1.29, 1.82) is 0 Å². The fraction of sp³-hybridized carbons (Fsp3) is 0.467. The lowest BCUT2D eigenvalue weighted by Gasteiger charge is -2.27. The summed E-state index contributed by atoms with van der Waals surface area (Å²) < 4.78 is 0. The quantitative estimate of drug-likeness (QED) is 0.773. The third-order valence-electron chi connectivity index (χ3n) is 3.72. The zero-order valence-electron chi connectivity index (χ0n) is 11.9. The Bertz CT molecular complexity index is 459. The molecule has 1 fully saturated rings. The Balaban J connectivity index is 0.00000220. The molecular formula is C15H22ClN3O2. The average molecular weight is 312 g/mol. The zero-order valence-corrected chi connectivity index (χ0v) is 12.7. The molecule has 0 atom stereocenters. The first-order chi connectivity index (χ1) is 9.65. The van der Waals surface area contributed by atoms with Gasteiger partial charge in [0.25, 0.3) is 0 Å². The van der Waals surface area contributed by atoms with Crippen molar-refractivity contribution < 1.29 is 9.59 Å². The van der Waals surface area contributed by atoms with E-state index in [4.69, 9.17) is 5.73 Å². The van der Waals surface area contributed by atoms with Crippen LogP contribution < -0.4 is 16.4 Å². The Morgan fingerprint density at radius 1 is 1.10 bits per heavy atom. The number of hydrogen-bond donors (Lipinski definition) is 3. The second-order valence-electron chi connectivity index (χ2n) is 5.24. The molecule has 0 saturated heterocycles. The van der Waals surface area contributed by atoms with Gasteiger partial charge in [-0.3, -0.25) is 9.59 Å². The number of halogens is 1. The number of anilines is 1. The second kappa shape index (κ2) is 8.52. The summed E-state index contributed by atoms with van der Waals surface area (Å²) >= 11 is 0. The van der Waals surface area contributed by atoms with Gasteiger partial charge in [-0.1, -0.05) is 18.2 Å². The molecule has 0 aromatic heterocycles. The van der Waals surface area contributed by atoms with Gasteiger partial charge in [-0.25, -0.2) is 0 Å². The number of hydrogen-bond acceptors (Lipinski definition) is 3. The van der Waals surface area contributed by atoms with Crippen LogP contribution in [0.25, 0.3) is 0 Å². The van der Waals surface area contributed by atoms with Crippen molar-refractivity contribution in [3.05, 3.63) is 30.3 Å². The molecule has 1 saturated carbocycles. The number of carbonyl (C=O) groups is 2. The molecule has 0 unspecified atom stereocenters. The van der Waals surface area contributed by atoms with E-state index in [0.29, 0.717) is 0 Å². The molecule has 1 aliphatic rings. The molecule has 116 valence electrons. The third-order valence-corrected chi connectivity index (χ3v) is 3.72. The van der Waals surface area contributed by atoms with Gasteiger partial charge in [0.2, 0.25) is 11.8 Å². The molecule has 0 heterocycles. The van der Waals surface area contributed by atoms with Crippen molar-refractivity contribution in [2.45, 2.75) is 31.7 Å². The molecule has 6 heteroatoms. The lowest BCUT2D eigenvalue weighted by atomic mass is 9.85. The molecule has 0 radical (unpaired) electrons. The van der Waals surface area contributed by atoms with E-state index in [-0.39, 0.29) is 42.7 Å². The average Bonchev–Trinajstić information content (AvgIpc) is 2.47. The summed E-state index contributed by atoms with van der Waals surface area (Å²) in [5.41, 5.74) is 6.22. The highest BCUT2D eigenvalue weighted by atomic mass is 35.5. The third kappa shape index (κ3) is 5.63. The van der Waals surface area contributed by atoms with Gasteiger partial charge < -0.3 is 16.4 Å². The molecule has 2 amide bonds. The van der Waals surface area contributed by atoms with Gasteiger partial charge >= 0.3 is 0 Å². The Morgan fingerprint density at radius 2 is 1.71 bits per heavy atom. The van der Waals surface area contributed by atoms with Crippen LogP contribution in [0.2, 0.25) is 0 Å². The predicted octanol–water partition coefficient (Wildman–Crippen LogP) is 1.68. The molecule has 1 aromatic rings. The number of para-hydroxylation sites is 1. The number of amides is 2. The van der Waals surface area contributed by atoms with E-state index in [0.717, 1.165) is 31.4 Å². The van der Waals surface area contributed by atoms with Gasteiger partial charge in [0.1, 0.15) is 0 Å². The van der Waals surface area contributed by atoms with Crippen LogP contribution in [0.15, 0.2) is 30.3 Å². The van der Waals surface area contributed by atoms with Crippen molar-refractivity contribution in [1.82, 2.24) is 5.32 Å². The molecule has 5 nitrogen and oxygen atoms in total. The summed E-state index contributed by atoms with van der Waals surface area (Å²) in [6.45, 7) is 0.264. The van der Waals surface area contributed by atoms with Crippen LogP contribution in [0.5, 0.6) is 0 Å². The largest absolute Gasteiger partial charge is 0.376 e. The molecule has 4 N–H and O–H groups in total. The summed E-state index contributed by atoms with van der Waals surface area (Å²) in [6, 6.07) is 9.78. The van der Waals surface area contributed by atoms with Crippen molar-refractivity contribution in [2.24, 2.45) is 11.7 Å². The SMILES string of the molecule is Cl.NC(=O)C1CCC(NC(=O)CNc2ccccc2)CC1. The number of nitrogens with two attached hydrogens (primary N) is 1. The first-order valence-corrected chi connectivity index (χ1v) is 7.03. The summed E-state index contributed by atoms with van der Waals surface area (Å²) in [7, 11) is 0. The van der Waals surface area contributed by atoms with Crippen LogP contribution in [0.1, 0.15) is 25.7 Å². The van der Waals surface area contributed by atoms with E-state index in [9.17, 15) is 9.59 Å². The van der Waals surface area contributed by atoms with Crippen molar-refractivity contribution >= 4 is 29.9 Å². The minimum atomic E-state index is -0.222. The van der Waals surface area contributed by atoms with Gasteiger partial charge in [-0.2, -0.15) is 0 Å². The van der Waals surface area contributed by atoms with Gasteiger partial charge in [0.05, 0.1) is 6.54 Å². The highest BCUT2D eigenvalue weighted by Gasteiger charge is 2.25. The smallest absolute Gasteiger partial charge is 0.239 e. The summed E-state index contributed by atoms with van der Waals surface area (Å²) in [6.07, 6.45) is 3.19.